The van der Waals surface area contributed by atoms with E-state index in [-0.39, 0.29) is 0 Å². The van der Waals surface area contributed by atoms with Crippen LogP contribution in [0, 0.1) is 0 Å². The molecule has 0 unspecified atom stereocenters. The van der Waals surface area contributed by atoms with E-state index < -0.39 is 11.9 Å². The fraction of sp³-hybridized carbons (Fsp3) is 0.190. The molecule has 3 rings (SSSR count). The van der Waals surface area contributed by atoms with Crippen molar-refractivity contribution in [3.05, 3.63) is 78.4 Å². The minimum Gasteiger partial charge on any atom is -0.497 e. The SMILES string of the molecule is COc1ccc(CCNCc2ccc(-n3ccnc3)cc2)cc1.O=C(O)C(=O)O. The molecule has 0 aliphatic heterocycles. The summed E-state index contributed by atoms with van der Waals surface area (Å²) in [5.74, 6) is -2.75. The monoisotopic (exact) mass is 397 g/mol. The Morgan fingerprint density at radius 1 is 1.00 bits per heavy atom. The Bertz CT molecular complexity index is 879. The molecule has 1 heterocycles. The van der Waals surface area contributed by atoms with Crippen molar-refractivity contribution in [2.45, 2.75) is 13.0 Å². The predicted molar refractivity (Wildman–Crippen MR) is 107 cm³/mol. The highest BCUT2D eigenvalue weighted by Gasteiger charge is 2.04. The highest BCUT2D eigenvalue weighted by Crippen LogP contribution is 2.12. The number of carboxylic acids is 2. The zero-order chi connectivity index (χ0) is 21.1. The lowest BCUT2D eigenvalue weighted by molar-refractivity contribution is -0.159. The molecule has 0 bridgehead atoms. The van der Waals surface area contributed by atoms with E-state index in [0.717, 1.165) is 30.9 Å². The molecule has 1 aromatic heterocycles. The Morgan fingerprint density at radius 3 is 2.14 bits per heavy atom. The van der Waals surface area contributed by atoms with Gasteiger partial charge in [0.15, 0.2) is 0 Å². The van der Waals surface area contributed by atoms with Crippen LogP contribution in [-0.2, 0) is 22.6 Å². The normalized spacial score (nSPS) is 9.97. The van der Waals surface area contributed by atoms with E-state index in [0.29, 0.717) is 0 Å². The van der Waals surface area contributed by atoms with Crippen molar-refractivity contribution in [1.82, 2.24) is 14.9 Å². The first-order valence-corrected chi connectivity index (χ1v) is 8.86. The first-order valence-electron chi connectivity index (χ1n) is 8.86. The molecule has 3 N–H and O–H groups in total. The molecule has 0 aliphatic carbocycles. The van der Waals surface area contributed by atoms with E-state index in [1.165, 1.54) is 11.1 Å². The Labute approximate surface area is 168 Å². The molecule has 0 radical (unpaired) electrons. The maximum atomic E-state index is 9.10. The maximum Gasteiger partial charge on any atom is 0.414 e. The highest BCUT2D eigenvalue weighted by atomic mass is 16.5. The lowest BCUT2D eigenvalue weighted by atomic mass is 10.1. The van der Waals surface area contributed by atoms with Crippen molar-refractivity contribution >= 4 is 11.9 Å². The lowest BCUT2D eigenvalue weighted by Crippen LogP contribution is -2.16. The third kappa shape index (κ3) is 7.47. The van der Waals surface area contributed by atoms with E-state index >= 15 is 0 Å². The molecule has 0 atom stereocenters. The molecule has 0 saturated carbocycles. The van der Waals surface area contributed by atoms with Crippen LogP contribution in [-0.4, -0.2) is 45.4 Å². The Kier molecular flexibility index (Phi) is 8.40. The number of aromatic nitrogens is 2. The summed E-state index contributed by atoms with van der Waals surface area (Å²) in [6.07, 6.45) is 6.55. The second-order valence-electron chi connectivity index (χ2n) is 6.02. The molecule has 0 amide bonds. The molecule has 3 aromatic rings. The number of imidazole rings is 1. The number of carboxylic acid groups (broad SMARTS) is 2. The molecule has 152 valence electrons. The molecule has 8 heteroatoms. The molecule has 8 nitrogen and oxygen atoms in total. The van der Waals surface area contributed by atoms with Gasteiger partial charge in [0.05, 0.1) is 13.4 Å². The summed E-state index contributed by atoms with van der Waals surface area (Å²) in [6.45, 7) is 1.83. The van der Waals surface area contributed by atoms with Crippen molar-refractivity contribution < 1.29 is 24.5 Å². The summed E-state index contributed by atoms with van der Waals surface area (Å²) in [5.41, 5.74) is 3.72. The van der Waals surface area contributed by atoms with Crippen molar-refractivity contribution in [2.24, 2.45) is 0 Å². The Hall–Kier alpha value is -3.65. The van der Waals surface area contributed by atoms with Crippen molar-refractivity contribution in [1.29, 1.82) is 0 Å². The first-order chi connectivity index (χ1) is 14.0. The summed E-state index contributed by atoms with van der Waals surface area (Å²) in [6, 6.07) is 16.8. The van der Waals surface area contributed by atoms with Gasteiger partial charge < -0.3 is 24.8 Å². The van der Waals surface area contributed by atoms with E-state index in [2.05, 4.69) is 46.7 Å². The van der Waals surface area contributed by atoms with E-state index in [4.69, 9.17) is 24.5 Å². The van der Waals surface area contributed by atoms with Gasteiger partial charge in [-0.05, 0) is 48.4 Å². The molecule has 0 saturated heterocycles. The molecule has 29 heavy (non-hydrogen) atoms. The van der Waals surface area contributed by atoms with Crippen molar-refractivity contribution in [3.63, 3.8) is 0 Å². The standard InChI is InChI=1S/C19H21N3O.C2H2O4/c1-23-19-8-4-16(5-9-19)10-11-20-14-17-2-6-18(7-3-17)22-13-12-21-15-22;3-1(4)2(5)6/h2-9,12-13,15,20H,10-11,14H2,1H3;(H,3,4)(H,5,6). The van der Waals surface area contributed by atoms with Gasteiger partial charge in [0.2, 0.25) is 0 Å². The smallest absolute Gasteiger partial charge is 0.414 e. The van der Waals surface area contributed by atoms with Gasteiger partial charge in [-0.15, -0.1) is 0 Å². The van der Waals surface area contributed by atoms with E-state index in [9.17, 15) is 0 Å². The molecule has 0 aliphatic rings. The average Bonchev–Trinajstić information content (AvgIpc) is 3.27. The minimum absolute atomic E-state index is 0.875. The summed E-state index contributed by atoms with van der Waals surface area (Å²) in [5, 5.41) is 18.3. The summed E-state index contributed by atoms with van der Waals surface area (Å²) in [7, 11) is 1.69. The highest BCUT2D eigenvalue weighted by molar-refractivity contribution is 6.27. The second-order valence-corrected chi connectivity index (χ2v) is 6.02. The number of nitrogens with one attached hydrogen (secondary N) is 1. The number of hydrogen-bond acceptors (Lipinski definition) is 5. The third-order valence-corrected chi connectivity index (χ3v) is 4.00. The second kappa shape index (κ2) is 11.3. The van der Waals surface area contributed by atoms with Crippen LogP contribution in [0.1, 0.15) is 11.1 Å². The Morgan fingerprint density at radius 2 is 1.62 bits per heavy atom. The summed E-state index contributed by atoms with van der Waals surface area (Å²) >= 11 is 0. The topological polar surface area (TPSA) is 114 Å². The molecule has 0 fully saturated rings. The van der Waals surface area contributed by atoms with Crippen LogP contribution in [0.25, 0.3) is 5.69 Å². The number of rotatable bonds is 7. The van der Waals surface area contributed by atoms with Gasteiger partial charge in [0, 0.05) is 24.6 Å². The number of hydrogen-bond donors (Lipinski definition) is 3. The van der Waals surface area contributed by atoms with Gasteiger partial charge in [-0.3, -0.25) is 0 Å². The zero-order valence-electron chi connectivity index (χ0n) is 16.0. The number of methoxy groups -OCH3 is 1. The van der Waals surface area contributed by atoms with E-state index in [1.54, 1.807) is 13.3 Å². The zero-order valence-corrected chi connectivity index (χ0v) is 16.0. The van der Waals surface area contributed by atoms with Gasteiger partial charge in [-0.2, -0.15) is 0 Å². The predicted octanol–water partition coefficient (Wildman–Crippen LogP) is 2.37. The van der Waals surface area contributed by atoms with Crippen molar-refractivity contribution in [2.75, 3.05) is 13.7 Å². The number of benzene rings is 2. The van der Waals surface area contributed by atoms with Crippen LogP contribution in [0.2, 0.25) is 0 Å². The largest absolute Gasteiger partial charge is 0.497 e. The van der Waals surface area contributed by atoms with Gasteiger partial charge in [0.1, 0.15) is 5.75 Å². The maximum absolute atomic E-state index is 9.10. The summed E-state index contributed by atoms with van der Waals surface area (Å²) in [4.78, 5) is 22.3. The van der Waals surface area contributed by atoms with Crippen LogP contribution >= 0.6 is 0 Å². The molecular weight excluding hydrogens is 374 g/mol. The van der Waals surface area contributed by atoms with Crippen LogP contribution in [0.4, 0.5) is 0 Å². The van der Waals surface area contributed by atoms with Crippen LogP contribution in [0.5, 0.6) is 5.75 Å². The number of ether oxygens (including phenoxy) is 1. The fourth-order valence-corrected chi connectivity index (χ4v) is 2.46. The average molecular weight is 397 g/mol. The van der Waals surface area contributed by atoms with Gasteiger partial charge in [-0.25, -0.2) is 14.6 Å². The Balaban J connectivity index is 0.000000438. The fourth-order valence-electron chi connectivity index (χ4n) is 2.46. The van der Waals surface area contributed by atoms with Gasteiger partial charge in [0.25, 0.3) is 0 Å². The number of aliphatic carboxylic acids is 2. The van der Waals surface area contributed by atoms with Gasteiger partial charge >= 0.3 is 11.9 Å². The van der Waals surface area contributed by atoms with Crippen LogP contribution in [0.15, 0.2) is 67.3 Å². The minimum atomic E-state index is -1.82. The third-order valence-electron chi connectivity index (χ3n) is 4.00. The first kappa shape index (κ1) is 21.6. The van der Waals surface area contributed by atoms with Crippen molar-refractivity contribution in [3.8, 4) is 11.4 Å². The van der Waals surface area contributed by atoms with Gasteiger partial charge in [-0.1, -0.05) is 24.3 Å². The molecule has 0 spiro atoms. The summed E-state index contributed by atoms with van der Waals surface area (Å²) < 4.78 is 7.17. The van der Waals surface area contributed by atoms with Crippen LogP contribution < -0.4 is 10.1 Å². The molecular formula is C21H23N3O5. The quantitative estimate of drug-likeness (QED) is 0.414. The number of carbonyl (C=O) groups is 2. The molecule has 2 aromatic carbocycles. The van der Waals surface area contributed by atoms with Crippen LogP contribution in [0.3, 0.4) is 0 Å². The van der Waals surface area contributed by atoms with E-state index in [1.807, 2.05) is 29.2 Å². The number of nitrogens with zero attached hydrogens (tertiary/aromatic N) is 2. The lowest BCUT2D eigenvalue weighted by Gasteiger charge is -2.07.